The summed E-state index contributed by atoms with van der Waals surface area (Å²) in [6.45, 7) is 0. The minimum Gasteiger partial charge on any atom is -0.480 e. The predicted molar refractivity (Wildman–Crippen MR) is 119 cm³/mol. The van der Waals surface area contributed by atoms with E-state index in [1.54, 1.807) is 24.3 Å². The SMILES string of the molecule is O=C(NC12CC(c3cc(-c4ccc(Cl)c(F)c4)on3)(C1)C2)[C@H]1C[C@@H](O)c2cc(Cl)ccc2O1. The van der Waals surface area contributed by atoms with E-state index in [9.17, 15) is 14.3 Å². The average Bonchev–Trinajstić information content (AvgIpc) is 3.21. The third kappa shape index (κ3) is 3.33. The van der Waals surface area contributed by atoms with Crippen molar-refractivity contribution in [2.45, 2.75) is 48.8 Å². The number of benzene rings is 2. The Morgan fingerprint density at radius 3 is 2.70 bits per heavy atom. The van der Waals surface area contributed by atoms with Gasteiger partial charge in [0.1, 0.15) is 11.6 Å². The molecule has 0 unspecified atom stereocenters. The fourth-order valence-electron chi connectivity index (χ4n) is 5.42. The van der Waals surface area contributed by atoms with Crippen LogP contribution in [0.4, 0.5) is 4.39 Å². The van der Waals surface area contributed by atoms with Crippen molar-refractivity contribution >= 4 is 29.1 Å². The Balaban J connectivity index is 1.11. The first-order valence-electron chi connectivity index (χ1n) is 10.6. The molecule has 2 aromatic carbocycles. The van der Waals surface area contributed by atoms with Crippen LogP contribution in [0.25, 0.3) is 11.3 Å². The van der Waals surface area contributed by atoms with Gasteiger partial charge in [-0.2, -0.15) is 0 Å². The van der Waals surface area contributed by atoms with Crippen LogP contribution in [0.1, 0.15) is 43.0 Å². The summed E-state index contributed by atoms with van der Waals surface area (Å²) in [6.07, 6.45) is 0.826. The molecule has 2 bridgehead atoms. The lowest BCUT2D eigenvalue weighted by molar-refractivity contribution is -0.147. The lowest BCUT2D eigenvalue weighted by Gasteiger charge is -2.69. The van der Waals surface area contributed by atoms with Crippen LogP contribution in [-0.2, 0) is 10.2 Å². The molecule has 3 aliphatic carbocycles. The zero-order valence-electron chi connectivity index (χ0n) is 17.3. The number of halogens is 3. The zero-order chi connectivity index (χ0) is 23.0. The van der Waals surface area contributed by atoms with Gasteiger partial charge in [0.25, 0.3) is 5.91 Å². The van der Waals surface area contributed by atoms with Crippen LogP contribution in [0.15, 0.2) is 47.0 Å². The monoisotopic (exact) mass is 488 g/mol. The molecule has 4 aliphatic rings. The summed E-state index contributed by atoms with van der Waals surface area (Å²) >= 11 is 11.7. The number of aliphatic hydroxyl groups excluding tert-OH is 1. The van der Waals surface area contributed by atoms with Gasteiger partial charge in [-0.25, -0.2) is 4.39 Å². The van der Waals surface area contributed by atoms with E-state index in [-0.39, 0.29) is 28.3 Å². The third-order valence-corrected chi connectivity index (χ3v) is 7.55. The van der Waals surface area contributed by atoms with E-state index in [1.165, 1.54) is 12.1 Å². The second-order valence-electron chi connectivity index (χ2n) is 9.33. The maximum absolute atomic E-state index is 13.8. The highest BCUT2D eigenvalue weighted by Gasteiger charge is 2.70. The van der Waals surface area contributed by atoms with Gasteiger partial charge in [0.2, 0.25) is 0 Å². The predicted octanol–water partition coefficient (Wildman–Crippen LogP) is 4.96. The van der Waals surface area contributed by atoms with Crippen molar-refractivity contribution in [2.75, 3.05) is 0 Å². The topological polar surface area (TPSA) is 84.6 Å². The van der Waals surface area contributed by atoms with Crippen LogP contribution in [0, 0.1) is 5.82 Å². The maximum atomic E-state index is 13.8. The molecule has 33 heavy (non-hydrogen) atoms. The molecule has 2 N–H and O–H groups in total. The zero-order valence-corrected chi connectivity index (χ0v) is 18.8. The highest BCUT2D eigenvalue weighted by molar-refractivity contribution is 6.31. The number of carbonyl (C=O) groups is 1. The van der Waals surface area contributed by atoms with Gasteiger partial charge in [-0.3, -0.25) is 4.79 Å². The molecule has 3 aromatic rings. The molecule has 3 saturated carbocycles. The number of rotatable bonds is 4. The number of aromatic nitrogens is 1. The molecule has 0 radical (unpaired) electrons. The first-order chi connectivity index (χ1) is 15.8. The molecule has 0 spiro atoms. The van der Waals surface area contributed by atoms with Gasteiger partial charge < -0.3 is 19.7 Å². The lowest BCUT2D eigenvalue weighted by Crippen LogP contribution is -2.77. The van der Waals surface area contributed by atoms with Gasteiger partial charge in [0.05, 0.1) is 16.8 Å². The van der Waals surface area contributed by atoms with E-state index in [4.69, 9.17) is 32.5 Å². The van der Waals surface area contributed by atoms with Gasteiger partial charge in [0, 0.05) is 39.6 Å². The van der Waals surface area contributed by atoms with Crippen molar-refractivity contribution in [1.82, 2.24) is 10.5 Å². The van der Waals surface area contributed by atoms with E-state index < -0.39 is 18.0 Å². The Hall–Kier alpha value is -2.61. The van der Waals surface area contributed by atoms with E-state index in [0.717, 1.165) is 25.0 Å². The van der Waals surface area contributed by atoms with E-state index in [0.29, 0.717) is 27.7 Å². The smallest absolute Gasteiger partial charge is 0.261 e. The van der Waals surface area contributed by atoms with Crippen LogP contribution in [0.5, 0.6) is 5.75 Å². The summed E-state index contributed by atoms with van der Waals surface area (Å²) in [4.78, 5) is 12.9. The van der Waals surface area contributed by atoms with Crippen molar-refractivity contribution < 1.29 is 23.6 Å². The third-order valence-electron chi connectivity index (χ3n) is 7.01. The summed E-state index contributed by atoms with van der Waals surface area (Å²) in [5.74, 6) is 0.202. The molecule has 170 valence electrons. The fraction of sp³-hybridized carbons (Fsp3) is 0.333. The molecular weight excluding hydrogens is 470 g/mol. The Morgan fingerprint density at radius 1 is 1.15 bits per heavy atom. The highest BCUT2D eigenvalue weighted by atomic mass is 35.5. The molecule has 1 aliphatic heterocycles. The maximum Gasteiger partial charge on any atom is 0.261 e. The van der Waals surface area contributed by atoms with Gasteiger partial charge in [-0.15, -0.1) is 0 Å². The van der Waals surface area contributed by atoms with E-state index >= 15 is 0 Å². The molecule has 3 fully saturated rings. The standard InChI is InChI=1S/C24H19Cl2FN2O4/c25-13-2-4-18-14(6-13)17(30)7-20(32-18)22(31)28-24-9-23(10-24,11-24)21-8-19(33-29-21)12-1-3-15(26)16(27)5-12/h1-6,8,17,20,30H,7,9-11H2,(H,28,31)/t17-,20-,23?,24?/m1/s1. The number of aliphatic hydroxyl groups is 1. The van der Waals surface area contributed by atoms with Crippen molar-refractivity contribution in [3.05, 3.63) is 69.6 Å². The van der Waals surface area contributed by atoms with Gasteiger partial charge >= 0.3 is 0 Å². The van der Waals surface area contributed by atoms with Crippen LogP contribution >= 0.6 is 23.2 Å². The van der Waals surface area contributed by atoms with Crippen molar-refractivity contribution in [1.29, 1.82) is 0 Å². The number of ether oxygens (including phenoxy) is 1. The summed E-state index contributed by atoms with van der Waals surface area (Å²) in [7, 11) is 0. The van der Waals surface area contributed by atoms with Crippen molar-refractivity contribution in [3.63, 3.8) is 0 Å². The number of nitrogens with zero attached hydrogens (tertiary/aromatic N) is 1. The second kappa shape index (κ2) is 7.19. The summed E-state index contributed by atoms with van der Waals surface area (Å²) < 4.78 is 25.1. The molecule has 1 aromatic heterocycles. The number of carbonyl (C=O) groups excluding carboxylic acids is 1. The fourth-order valence-corrected chi connectivity index (χ4v) is 5.72. The molecular formula is C24H19Cl2FN2O4. The molecule has 6 nitrogen and oxygen atoms in total. The summed E-state index contributed by atoms with van der Waals surface area (Å²) in [5.41, 5.74) is 1.53. The molecule has 0 saturated heterocycles. The Kier molecular flexibility index (Phi) is 4.57. The molecule has 2 atom stereocenters. The first kappa shape index (κ1) is 21.0. The number of hydrogen-bond donors (Lipinski definition) is 2. The van der Waals surface area contributed by atoms with E-state index in [1.807, 2.05) is 6.07 Å². The quantitative estimate of drug-likeness (QED) is 0.541. The minimum absolute atomic E-state index is 0.0531. The van der Waals surface area contributed by atoms with Crippen LogP contribution in [0.2, 0.25) is 10.0 Å². The Labute approximate surface area is 198 Å². The molecule has 2 heterocycles. The number of hydrogen-bond acceptors (Lipinski definition) is 5. The Bertz CT molecular complexity index is 1270. The number of amides is 1. The molecule has 7 rings (SSSR count). The second-order valence-corrected chi connectivity index (χ2v) is 10.2. The van der Waals surface area contributed by atoms with Crippen LogP contribution in [0.3, 0.4) is 0 Å². The van der Waals surface area contributed by atoms with Crippen molar-refractivity contribution in [2.24, 2.45) is 0 Å². The van der Waals surface area contributed by atoms with Gasteiger partial charge in [-0.05, 0) is 55.7 Å². The van der Waals surface area contributed by atoms with Crippen LogP contribution in [-0.4, -0.2) is 27.8 Å². The highest BCUT2D eigenvalue weighted by Crippen LogP contribution is 2.67. The normalized spacial score (nSPS) is 29.3. The average molecular weight is 489 g/mol. The number of nitrogens with one attached hydrogen (secondary N) is 1. The van der Waals surface area contributed by atoms with Gasteiger partial charge in [-0.1, -0.05) is 28.4 Å². The lowest BCUT2D eigenvalue weighted by atomic mass is 9.38. The Morgan fingerprint density at radius 2 is 1.94 bits per heavy atom. The summed E-state index contributed by atoms with van der Waals surface area (Å²) in [6, 6.07) is 11.3. The first-order valence-corrected chi connectivity index (χ1v) is 11.4. The molecule has 9 heteroatoms. The minimum atomic E-state index is -0.811. The molecule has 1 amide bonds. The van der Waals surface area contributed by atoms with E-state index in [2.05, 4.69) is 10.5 Å². The van der Waals surface area contributed by atoms with Gasteiger partial charge in [0.15, 0.2) is 11.9 Å². The van der Waals surface area contributed by atoms with Crippen molar-refractivity contribution in [3.8, 4) is 17.1 Å². The van der Waals surface area contributed by atoms with Crippen LogP contribution < -0.4 is 10.1 Å². The largest absolute Gasteiger partial charge is 0.480 e. The summed E-state index contributed by atoms with van der Waals surface area (Å²) in [5, 5.41) is 18.3. The number of fused-ring (bicyclic) bond motifs is 1.